The number of nitrogens with one attached hydrogen (secondary N) is 1. The third kappa shape index (κ3) is 3.21. The highest BCUT2D eigenvalue weighted by atomic mass is 32.1. The van der Waals surface area contributed by atoms with Crippen LogP contribution in [-0.2, 0) is 17.8 Å². The second-order valence-electron chi connectivity index (χ2n) is 7.21. The van der Waals surface area contributed by atoms with Gasteiger partial charge in [0.25, 0.3) is 5.91 Å². The second-order valence-corrected chi connectivity index (χ2v) is 8.24. The predicted octanol–water partition coefficient (Wildman–Crippen LogP) is 3.84. The Kier molecular flexibility index (Phi) is 3.93. The van der Waals surface area contributed by atoms with Crippen LogP contribution in [0.2, 0.25) is 0 Å². The molecule has 1 aromatic heterocycles. The van der Waals surface area contributed by atoms with Gasteiger partial charge >= 0.3 is 0 Å². The normalized spacial score (nSPS) is 16.2. The number of carbonyl (C=O) groups is 2. The van der Waals surface area contributed by atoms with E-state index >= 15 is 0 Å². The summed E-state index contributed by atoms with van der Waals surface area (Å²) in [5.74, 6) is 0.330. The molecule has 2 heterocycles. The van der Waals surface area contributed by atoms with Crippen molar-refractivity contribution in [3.05, 3.63) is 58.6 Å². The molecule has 5 rings (SSSR count). The first kappa shape index (κ1) is 16.4. The molecule has 1 saturated carbocycles. The first-order chi connectivity index (χ1) is 13.2. The van der Waals surface area contributed by atoms with Crippen LogP contribution >= 0.6 is 11.3 Å². The number of amides is 2. The Bertz CT molecular complexity index is 1020. The van der Waals surface area contributed by atoms with Gasteiger partial charge in [0.2, 0.25) is 5.91 Å². The van der Waals surface area contributed by atoms with Gasteiger partial charge in [-0.15, -0.1) is 11.3 Å². The van der Waals surface area contributed by atoms with Crippen molar-refractivity contribution in [3.63, 3.8) is 0 Å². The lowest BCUT2D eigenvalue weighted by molar-refractivity contribution is -0.133. The van der Waals surface area contributed by atoms with Gasteiger partial charge in [-0.3, -0.25) is 9.59 Å². The average Bonchev–Trinajstić information content (AvgIpc) is 3.45. The lowest BCUT2D eigenvalue weighted by Gasteiger charge is -2.29. The number of anilines is 1. The third-order valence-electron chi connectivity index (χ3n) is 5.20. The van der Waals surface area contributed by atoms with Crippen LogP contribution in [0, 0.1) is 5.92 Å². The maximum absolute atomic E-state index is 12.6. The van der Waals surface area contributed by atoms with E-state index in [2.05, 4.69) is 16.4 Å². The molecule has 2 amide bonds. The number of hydrogen-bond donors (Lipinski definition) is 1. The van der Waals surface area contributed by atoms with Gasteiger partial charge in [0.1, 0.15) is 0 Å². The van der Waals surface area contributed by atoms with Crippen molar-refractivity contribution in [3.8, 4) is 0 Å². The smallest absolute Gasteiger partial charge is 0.284 e. The minimum atomic E-state index is -0.196. The molecule has 1 aliphatic heterocycles. The molecule has 0 atom stereocenters. The number of aromatic nitrogens is 1. The summed E-state index contributed by atoms with van der Waals surface area (Å²) in [4.78, 5) is 31.3. The Labute approximate surface area is 161 Å². The second kappa shape index (κ2) is 6.46. The zero-order valence-corrected chi connectivity index (χ0v) is 15.6. The molecule has 27 heavy (non-hydrogen) atoms. The first-order valence-electron chi connectivity index (χ1n) is 9.25. The van der Waals surface area contributed by atoms with E-state index < -0.39 is 0 Å². The van der Waals surface area contributed by atoms with Crippen LogP contribution in [0.4, 0.5) is 5.69 Å². The number of hydrogen-bond acceptors (Lipinski definition) is 4. The summed E-state index contributed by atoms with van der Waals surface area (Å²) in [6.45, 7) is 1.43. The van der Waals surface area contributed by atoms with Crippen molar-refractivity contribution < 1.29 is 9.59 Å². The number of benzene rings is 2. The van der Waals surface area contributed by atoms with Gasteiger partial charge in [-0.1, -0.05) is 18.2 Å². The molecule has 1 aliphatic carbocycles. The summed E-state index contributed by atoms with van der Waals surface area (Å²) in [5, 5.41) is 3.41. The van der Waals surface area contributed by atoms with Gasteiger partial charge in [-0.2, -0.15) is 0 Å². The number of rotatable bonds is 3. The fourth-order valence-electron chi connectivity index (χ4n) is 3.57. The van der Waals surface area contributed by atoms with Crippen molar-refractivity contribution >= 4 is 39.1 Å². The van der Waals surface area contributed by atoms with Gasteiger partial charge in [0.05, 0.1) is 10.2 Å². The van der Waals surface area contributed by atoms with Crippen molar-refractivity contribution in [2.45, 2.75) is 25.8 Å². The van der Waals surface area contributed by atoms with Crippen LogP contribution in [0.25, 0.3) is 10.2 Å². The standard InChI is InChI=1S/C21H19N3O2S/c25-19(20-23-17-3-1-2-4-18(17)27-20)22-16-8-7-13-9-10-24(12-15(13)11-16)21(26)14-5-6-14/h1-4,7-8,11,14H,5-6,9-10,12H2,(H,22,25). The number of thiazole rings is 1. The summed E-state index contributed by atoms with van der Waals surface area (Å²) in [6, 6.07) is 13.7. The quantitative estimate of drug-likeness (QED) is 0.754. The average molecular weight is 377 g/mol. The third-order valence-corrected chi connectivity index (χ3v) is 6.24. The van der Waals surface area contributed by atoms with E-state index in [9.17, 15) is 9.59 Å². The van der Waals surface area contributed by atoms with Gasteiger partial charge in [0.15, 0.2) is 5.01 Å². The van der Waals surface area contributed by atoms with Crippen molar-refractivity contribution in [1.29, 1.82) is 0 Å². The van der Waals surface area contributed by atoms with Crippen LogP contribution in [-0.4, -0.2) is 28.2 Å². The van der Waals surface area contributed by atoms with E-state index in [0.29, 0.717) is 11.6 Å². The van der Waals surface area contributed by atoms with E-state index in [1.165, 1.54) is 16.9 Å². The van der Waals surface area contributed by atoms with E-state index in [-0.39, 0.29) is 17.7 Å². The lowest BCUT2D eigenvalue weighted by Crippen LogP contribution is -2.36. The molecule has 136 valence electrons. The van der Waals surface area contributed by atoms with E-state index in [0.717, 1.165) is 47.3 Å². The highest BCUT2D eigenvalue weighted by Crippen LogP contribution is 2.33. The van der Waals surface area contributed by atoms with Gasteiger partial charge in [0, 0.05) is 24.7 Å². The number of carbonyl (C=O) groups excluding carboxylic acids is 2. The summed E-state index contributed by atoms with van der Waals surface area (Å²) >= 11 is 1.39. The summed E-state index contributed by atoms with van der Waals surface area (Å²) < 4.78 is 1.00. The maximum Gasteiger partial charge on any atom is 0.284 e. The number of nitrogens with zero attached hydrogens (tertiary/aromatic N) is 2. The van der Waals surface area contributed by atoms with Gasteiger partial charge < -0.3 is 10.2 Å². The molecule has 0 spiro atoms. The van der Waals surface area contributed by atoms with Crippen molar-refractivity contribution in [1.82, 2.24) is 9.88 Å². The van der Waals surface area contributed by atoms with E-state index in [1.54, 1.807) is 0 Å². The Balaban J connectivity index is 1.34. The zero-order valence-electron chi connectivity index (χ0n) is 14.8. The Morgan fingerprint density at radius 2 is 1.96 bits per heavy atom. The highest BCUT2D eigenvalue weighted by molar-refractivity contribution is 7.20. The molecule has 1 fully saturated rings. The number of fused-ring (bicyclic) bond motifs is 2. The molecule has 3 aromatic rings. The Hall–Kier alpha value is -2.73. The van der Waals surface area contributed by atoms with E-state index in [1.807, 2.05) is 41.3 Å². The predicted molar refractivity (Wildman–Crippen MR) is 106 cm³/mol. The van der Waals surface area contributed by atoms with Crippen LogP contribution < -0.4 is 5.32 Å². The van der Waals surface area contributed by atoms with Gasteiger partial charge in [-0.25, -0.2) is 4.98 Å². The largest absolute Gasteiger partial charge is 0.338 e. The molecule has 5 nitrogen and oxygen atoms in total. The summed E-state index contributed by atoms with van der Waals surface area (Å²) in [5.41, 5.74) is 3.97. The molecule has 0 bridgehead atoms. The first-order valence-corrected chi connectivity index (χ1v) is 10.1. The van der Waals surface area contributed by atoms with Crippen molar-refractivity contribution in [2.24, 2.45) is 5.92 Å². The monoisotopic (exact) mass is 377 g/mol. The topological polar surface area (TPSA) is 62.3 Å². The lowest BCUT2D eigenvalue weighted by atomic mass is 9.98. The molecule has 2 aliphatic rings. The molecule has 0 radical (unpaired) electrons. The fraction of sp³-hybridized carbons (Fsp3) is 0.286. The number of para-hydroxylation sites is 1. The minimum absolute atomic E-state index is 0.196. The molecule has 0 unspecified atom stereocenters. The zero-order chi connectivity index (χ0) is 18.4. The van der Waals surface area contributed by atoms with Crippen LogP contribution in [0.1, 0.15) is 33.8 Å². The molecule has 2 aromatic carbocycles. The van der Waals surface area contributed by atoms with Gasteiger partial charge in [-0.05, 0) is 54.7 Å². The molecule has 0 saturated heterocycles. The molecular weight excluding hydrogens is 358 g/mol. The van der Waals surface area contributed by atoms with Crippen LogP contribution in [0.15, 0.2) is 42.5 Å². The molecular formula is C21H19N3O2S. The minimum Gasteiger partial charge on any atom is -0.338 e. The van der Waals surface area contributed by atoms with Crippen molar-refractivity contribution in [2.75, 3.05) is 11.9 Å². The van der Waals surface area contributed by atoms with Crippen LogP contribution in [0.5, 0.6) is 0 Å². The maximum atomic E-state index is 12.6. The van der Waals surface area contributed by atoms with Crippen LogP contribution in [0.3, 0.4) is 0 Å². The summed E-state index contributed by atoms with van der Waals surface area (Å²) in [7, 11) is 0. The SMILES string of the molecule is O=C(Nc1ccc2c(c1)CN(C(=O)C1CC1)CC2)c1nc2ccccc2s1. The fourth-order valence-corrected chi connectivity index (χ4v) is 4.43. The highest BCUT2D eigenvalue weighted by Gasteiger charge is 2.34. The molecule has 1 N–H and O–H groups in total. The van der Waals surface area contributed by atoms with E-state index in [4.69, 9.17) is 0 Å². The Morgan fingerprint density at radius 1 is 1.11 bits per heavy atom. The summed E-state index contributed by atoms with van der Waals surface area (Å²) in [6.07, 6.45) is 2.93. The Morgan fingerprint density at radius 3 is 2.78 bits per heavy atom. The molecule has 6 heteroatoms.